The molecule has 0 saturated carbocycles. The number of ether oxygens (including phenoxy) is 1. The van der Waals surface area contributed by atoms with Gasteiger partial charge in [0.2, 0.25) is 5.91 Å². The standard InChI is InChI=1S/C33H35N3O5/c1-36(19-22-10-3-2-4-11-22)20-30(31(37)34-24-13-9-12-23(18-24)32(38)39)35-33(40)41-21-29-27-16-7-5-14-25(27)26-15-6-8-17-28(26)29/h2-11,13-17,23-24,29-30H,12,18-21H2,1H3,(H,34,37)(H,35,40)(H,38,39). The van der Waals surface area contributed by atoms with Crippen LogP contribution in [0.3, 0.4) is 0 Å². The van der Waals surface area contributed by atoms with E-state index in [0.29, 0.717) is 19.4 Å². The minimum absolute atomic E-state index is 0.0958. The molecule has 0 saturated heterocycles. The molecule has 2 aliphatic carbocycles. The van der Waals surface area contributed by atoms with Crippen molar-refractivity contribution < 1.29 is 24.2 Å². The van der Waals surface area contributed by atoms with Gasteiger partial charge < -0.3 is 20.5 Å². The summed E-state index contributed by atoms with van der Waals surface area (Å²) in [5.41, 5.74) is 5.56. The normalized spacial score (nSPS) is 18.3. The van der Waals surface area contributed by atoms with Gasteiger partial charge in [-0.1, -0.05) is 91.0 Å². The molecule has 0 aliphatic heterocycles. The molecule has 2 amide bonds. The SMILES string of the molecule is CN(Cc1ccccc1)CC(NC(=O)OCC1c2ccccc2-c2ccccc21)C(=O)NC1C=CCC(C(=O)O)C1. The Kier molecular flexibility index (Phi) is 8.79. The van der Waals surface area contributed by atoms with E-state index in [0.717, 1.165) is 27.8 Å². The number of amides is 2. The summed E-state index contributed by atoms with van der Waals surface area (Å²) in [4.78, 5) is 39.9. The minimum Gasteiger partial charge on any atom is -0.481 e. The van der Waals surface area contributed by atoms with Crippen LogP contribution in [0.25, 0.3) is 11.1 Å². The van der Waals surface area contributed by atoms with Crippen molar-refractivity contribution in [3.8, 4) is 11.1 Å². The van der Waals surface area contributed by atoms with Gasteiger partial charge in [-0.05, 0) is 47.7 Å². The number of aliphatic carboxylic acids is 1. The fraction of sp³-hybridized carbons (Fsp3) is 0.303. The highest BCUT2D eigenvalue weighted by atomic mass is 16.5. The first kappa shape index (κ1) is 28.1. The lowest BCUT2D eigenvalue weighted by molar-refractivity contribution is -0.142. The Bertz CT molecular complexity index is 1380. The largest absolute Gasteiger partial charge is 0.481 e. The first-order valence-electron chi connectivity index (χ1n) is 13.9. The van der Waals surface area contributed by atoms with Crippen molar-refractivity contribution in [1.29, 1.82) is 0 Å². The lowest BCUT2D eigenvalue weighted by Gasteiger charge is -2.28. The number of nitrogens with zero attached hydrogens (tertiary/aromatic N) is 1. The van der Waals surface area contributed by atoms with E-state index in [1.807, 2.05) is 72.6 Å². The number of hydrogen-bond donors (Lipinski definition) is 3. The number of allylic oxidation sites excluding steroid dienone is 1. The van der Waals surface area contributed by atoms with Crippen molar-refractivity contribution in [2.45, 2.75) is 37.4 Å². The highest BCUT2D eigenvalue weighted by Crippen LogP contribution is 2.44. The number of alkyl carbamates (subject to hydrolysis) is 1. The Balaban J connectivity index is 1.26. The van der Waals surface area contributed by atoms with E-state index in [1.165, 1.54) is 0 Å². The van der Waals surface area contributed by atoms with E-state index < -0.39 is 30.1 Å². The summed E-state index contributed by atoms with van der Waals surface area (Å²) < 4.78 is 5.72. The van der Waals surface area contributed by atoms with Crippen LogP contribution in [0.15, 0.2) is 91.0 Å². The van der Waals surface area contributed by atoms with Gasteiger partial charge in [-0.25, -0.2) is 4.79 Å². The van der Waals surface area contributed by atoms with Gasteiger partial charge in [0, 0.05) is 25.0 Å². The zero-order chi connectivity index (χ0) is 28.8. The molecule has 0 heterocycles. The molecule has 3 unspecified atom stereocenters. The van der Waals surface area contributed by atoms with Gasteiger partial charge >= 0.3 is 12.1 Å². The molecule has 2 aliphatic rings. The van der Waals surface area contributed by atoms with E-state index in [-0.39, 0.29) is 25.0 Å². The average Bonchev–Trinajstić information content (AvgIpc) is 3.30. The van der Waals surface area contributed by atoms with Gasteiger partial charge in [-0.15, -0.1) is 0 Å². The summed E-state index contributed by atoms with van der Waals surface area (Å²) in [6, 6.07) is 24.8. The number of carboxylic acids is 1. The molecular weight excluding hydrogens is 518 g/mol. The van der Waals surface area contributed by atoms with Gasteiger partial charge in [0.25, 0.3) is 0 Å². The molecule has 0 spiro atoms. The van der Waals surface area contributed by atoms with Gasteiger partial charge in [0.05, 0.1) is 5.92 Å². The minimum atomic E-state index is -0.905. The third-order valence-electron chi connectivity index (χ3n) is 7.75. The van der Waals surface area contributed by atoms with Crippen molar-refractivity contribution in [1.82, 2.24) is 15.5 Å². The maximum atomic E-state index is 13.4. The molecular formula is C33H35N3O5. The molecule has 0 radical (unpaired) electrons. The van der Waals surface area contributed by atoms with Gasteiger partial charge in [0.15, 0.2) is 0 Å². The molecule has 3 aromatic carbocycles. The molecule has 8 heteroatoms. The quantitative estimate of drug-likeness (QED) is 0.318. The van der Waals surface area contributed by atoms with Gasteiger partial charge in [-0.3, -0.25) is 14.5 Å². The summed E-state index contributed by atoms with van der Waals surface area (Å²) in [6.45, 7) is 0.963. The van der Waals surface area contributed by atoms with Gasteiger partial charge in [-0.2, -0.15) is 0 Å². The zero-order valence-corrected chi connectivity index (χ0v) is 23.0. The fourth-order valence-electron chi connectivity index (χ4n) is 5.73. The van der Waals surface area contributed by atoms with Crippen LogP contribution >= 0.6 is 0 Å². The number of likely N-dealkylation sites (N-methyl/N-ethyl adjacent to an activating group) is 1. The van der Waals surface area contributed by atoms with E-state index in [9.17, 15) is 19.5 Å². The predicted molar refractivity (Wildman–Crippen MR) is 156 cm³/mol. The molecule has 5 rings (SSSR count). The Morgan fingerprint density at radius 2 is 1.59 bits per heavy atom. The Labute approximate surface area is 240 Å². The number of carbonyl (C=O) groups excluding carboxylic acids is 2. The number of carbonyl (C=O) groups is 3. The predicted octanol–water partition coefficient (Wildman–Crippen LogP) is 4.56. The molecule has 8 nitrogen and oxygen atoms in total. The summed E-state index contributed by atoms with van der Waals surface area (Å²) in [5.74, 6) is -1.93. The maximum absolute atomic E-state index is 13.4. The van der Waals surface area contributed by atoms with E-state index >= 15 is 0 Å². The van der Waals surface area contributed by atoms with Crippen molar-refractivity contribution in [3.63, 3.8) is 0 Å². The second-order valence-corrected chi connectivity index (χ2v) is 10.8. The Morgan fingerprint density at radius 1 is 0.951 bits per heavy atom. The number of fused-ring (bicyclic) bond motifs is 3. The van der Waals surface area contributed by atoms with E-state index in [1.54, 1.807) is 6.08 Å². The zero-order valence-electron chi connectivity index (χ0n) is 23.0. The van der Waals surface area contributed by atoms with Crippen molar-refractivity contribution in [2.75, 3.05) is 20.2 Å². The fourth-order valence-corrected chi connectivity index (χ4v) is 5.73. The van der Waals surface area contributed by atoms with E-state index in [2.05, 4.69) is 34.9 Å². The molecule has 3 aromatic rings. The van der Waals surface area contributed by atoms with Crippen LogP contribution in [0.5, 0.6) is 0 Å². The summed E-state index contributed by atoms with van der Waals surface area (Å²) in [6.07, 6.45) is 3.65. The Morgan fingerprint density at radius 3 is 2.24 bits per heavy atom. The van der Waals surface area contributed by atoms with Crippen LogP contribution in [0.4, 0.5) is 4.79 Å². The van der Waals surface area contributed by atoms with Crippen molar-refractivity contribution in [3.05, 3.63) is 108 Å². The van der Waals surface area contributed by atoms with Crippen LogP contribution < -0.4 is 10.6 Å². The second-order valence-electron chi connectivity index (χ2n) is 10.8. The lowest BCUT2D eigenvalue weighted by atomic mass is 9.91. The summed E-state index contributed by atoms with van der Waals surface area (Å²) in [5, 5.41) is 15.1. The lowest BCUT2D eigenvalue weighted by Crippen LogP contribution is -2.54. The number of rotatable bonds is 10. The molecule has 41 heavy (non-hydrogen) atoms. The number of carboxylic acid groups (broad SMARTS) is 1. The number of hydrogen-bond acceptors (Lipinski definition) is 5. The highest BCUT2D eigenvalue weighted by Gasteiger charge is 2.31. The molecule has 0 aromatic heterocycles. The van der Waals surface area contributed by atoms with Crippen LogP contribution in [-0.2, 0) is 20.9 Å². The van der Waals surface area contributed by atoms with Crippen molar-refractivity contribution >= 4 is 18.0 Å². The number of benzene rings is 3. The summed E-state index contributed by atoms with van der Waals surface area (Å²) >= 11 is 0. The summed E-state index contributed by atoms with van der Waals surface area (Å²) in [7, 11) is 1.88. The van der Waals surface area contributed by atoms with Crippen LogP contribution in [-0.4, -0.2) is 60.3 Å². The maximum Gasteiger partial charge on any atom is 0.407 e. The first-order valence-corrected chi connectivity index (χ1v) is 13.9. The molecule has 0 bridgehead atoms. The van der Waals surface area contributed by atoms with Crippen LogP contribution in [0.1, 0.15) is 35.4 Å². The van der Waals surface area contributed by atoms with Crippen LogP contribution in [0.2, 0.25) is 0 Å². The molecule has 212 valence electrons. The third-order valence-corrected chi connectivity index (χ3v) is 7.75. The molecule has 3 atom stereocenters. The number of nitrogens with one attached hydrogen (secondary N) is 2. The third kappa shape index (κ3) is 6.84. The average molecular weight is 554 g/mol. The molecule has 3 N–H and O–H groups in total. The molecule has 0 fully saturated rings. The van der Waals surface area contributed by atoms with Crippen LogP contribution in [0, 0.1) is 5.92 Å². The van der Waals surface area contributed by atoms with Gasteiger partial charge in [0.1, 0.15) is 12.6 Å². The Hall–Kier alpha value is -4.43. The second kappa shape index (κ2) is 12.8. The highest BCUT2D eigenvalue weighted by molar-refractivity contribution is 5.86. The topological polar surface area (TPSA) is 108 Å². The van der Waals surface area contributed by atoms with Crippen molar-refractivity contribution in [2.24, 2.45) is 5.92 Å². The monoisotopic (exact) mass is 553 g/mol. The van der Waals surface area contributed by atoms with E-state index in [4.69, 9.17) is 4.74 Å². The smallest absolute Gasteiger partial charge is 0.407 e. The first-order chi connectivity index (χ1) is 19.9.